The highest BCUT2D eigenvalue weighted by Gasteiger charge is 2.35. The van der Waals surface area contributed by atoms with Crippen molar-refractivity contribution in [3.05, 3.63) is 35.4 Å². The van der Waals surface area contributed by atoms with Crippen LogP contribution in [-0.4, -0.2) is 53.3 Å². The van der Waals surface area contributed by atoms with Crippen molar-refractivity contribution in [2.24, 2.45) is 0 Å². The maximum atomic E-state index is 13.6. The van der Waals surface area contributed by atoms with Gasteiger partial charge in [0.05, 0.1) is 0 Å². The van der Waals surface area contributed by atoms with Crippen molar-refractivity contribution in [1.29, 1.82) is 0 Å². The first kappa shape index (κ1) is 28.8. The molecule has 2 unspecified atom stereocenters. The monoisotopic (exact) mass is 479 g/mol. The molecule has 186 valence electrons. The van der Waals surface area contributed by atoms with Gasteiger partial charge in [-0.05, 0) is 46.1 Å². The summed E-state index contributed by atoms with van der Waals surface area (Å²) in [6, 6.07) is 5.88. The molecule has 3 amide bonds. The second-order valence-electron chi connectivity index (χ2n) is 9.23. The minimum Gasteiger partial charge on any atom is -0.444 e. The third-order valence-electron chi connectivity index (χ3n) is 4.92. The number of carbonyl (C=O) groups is 3. The molecular weight excluding hydrogens is 438 g/mol. The van der Waals surface area contributed by atoms with Crippen LogP contribution >= 0.6 is 12.6 Å². The number of nitrogens with one attached hydrogen (secondary N) is 2. The van der Waals surface area contributed by atoms with Gasteiger partial charge in [0.15, 0.2) is 0 Å². The fraction of sp³-hybridized carbons (Fsp3) is 0.640. The van der Waals surface area contributed by atoms with E-state index in [1.807, 2.05) is 38.1 Å². The molecule has 0 fully saturated rings. The molecule has 33 heavy (non-hydrogen) atoms. The lowest BCUT2D eigenvalue weighted by molar-refractivity contribution is -0.142. The van der Waals surface area contributed by atoms with Crippen molar-refractivity contribution >= 4 is 30.5 Å². The standard InChI is InChI=1S/C25H41N3O4S/c1-7-9-10-14-26-22(29)21(19-13-11-12-18(3)16-19)28(15-8-2)23(30)20(17-33)27-24(31)32-25(4,5)6/h11-13,16,20-21,33H,7-10,14-15,17H2,1-6H3,(H,26,29)(H,27,31). The van der Waals surface area contributed by atoms with E-state index in [4.69, 9.17) is 4.74 Å². The zero-order chi connectivity index (χ0) is 25.0. The average molecular weight is 480 g/mol. The number of carbonyl (C=O) groups excluding carboxylic acids is 3. The average Bonchev–Trinajstić information content (AvgIpc) is 2.73. The predicted molar refractivity (Wildman–Crippen MR) is 135 cm³/mol. The van der Waals surface area contributed by atoms with Crippen molar-refractivity contribution in [1.82, 2.24) is 15.5 Å². The Kier molecular flexibility index (Phi) is 12.3. The van der Waals surface area contributed by atoms with Crippen LogP contribution in [0.5, 0.6) is 0 Å². The van der Waals surface area contributed by atoms with Crippen LogP contribution in [-0.2, 0) is 14.3 Å². The second-order valence-corrected chi connectivity index (χ2v) is 9.59. The van der Waals surface area contributed by atoms with Gasteiger partial charge in [-0.15, -0.1) is 0 Å². The SMILES string of the molecule is CCCCCNC(=O)C(c1cccc(C)c1)N(CCC)C(=O)C(CS)NC(=O)OC(C)(C)C. The summed E-state index contributed by atoms with van der Waals surface area (Å²) in [6.07, 6.45) is 2.92. The van der Waals surface area contributed by atoms with Crippen molar-refractivity contribution in [3.63, 3.8) is 0 Å². The van der Waals surface area contributed by atoms with Gasteiger partial charge in [0.2, 0.25) is 11.8 Å². The highest BCUT2D eigenvalue weighted by atomic mass is 32.1. The number of hydrogen-bond acceptors (Lipinski definition) is 5. The Morgan fingerprint density at radius 3 is 2.36 bits per heavy atom. The predicted octanol–water partition coefficient (Wildman–Crippen LogP) is 4.40. The van der Waals surface area contributed by atoms with Crippen molar-refractivity contribution < 1.29 is 19.1 Å². The van der Waals surface area contributed by atoms with Crippen LogP contribution in [0.2, 0.25) is 0 Å². The smallest absolute Gasteiger partial charge is 0.408 e. The van der Waals surface area contributed by atoms with Gasteiger partial charge in [0.25, 0.3) is 0 Å². The number of benzene rings is 1. The molecule has 8 heteroatoms. The maximum absolute atomic E-state index is 13.6. The van der Waals surface area contributed by atoms with E-state index in [0.717, 1.165) is 30.4 Å². The number of ether oxygens (including phenoxy) is 1. The summed E-state index contributed by atoms with van der Waals surface area (Å²) in [6.45, 7) is 12.2. The van der Waals surface area contributed by atoms with Gasteiger partial charge in [-0.2, -0.15) is 12.6 Å². The van der Waals surface area contributed by atoms with Gasteiger partial charge in [-0.3, -0.25) is 9.59 Å². The number of unbranched alkanes of at least 4 members (excludes halogenated alkanes) is 2. The number of thiol groups is 1. The third-order valence-corrected chi connectivity index (χ3v) is 5.28. The van der Waals surface area contributed by atoms with Gasteiger partial charge in [0.1, 0.15) is 17.7 Å². The van der Waals surface area contributed by atoms with Crippen LogP contribution in [0.1, 0.15) is 77.5 Å². The quantitative estimate of drug-likeness (QED) is 0.306. The van der Waals surface area contributed by atoms with Crippen LogP contribution in [0.25, 0.3) is 0 Å². The first-order valence-electron chi connectivity index (χ1n) is 11.8. The fourth-order valence-corrected chi connectivity index (χ4v) is 3.69. The summed E-state index contributed by atoms with van der Waals surface area (Å²) in [5.41, 5.74) is 1.04. The maximum Gasteiger partial charge on any atom is 0.408 e. The Morgan fingerprint density at radius 2 is 1.82 bits per heavy atom. The molecule has 0 aliphatic rings. The van der Waals surface area contributed by atoms with E-state index in [-0.39, 0.29) is 17.6 Å². The van der Waals surface area contributed by atoms with Gasteiger partial charge in [-0.1, -0.05) is 56.5 Å². The van der Waals surface area contributed by atoms with Crippen LogP contribution in [0.4, 0.5) is 4.79 Å². The molecule has 0 aliphatic heterocycles. The molecule has 1 aromatic carbocycles. The highest BCUT2D eigenvalue weighted by molar-refractivity contribution is 7.80. The lowest BCUT2D eigenvalue weighted by Gasteiger charge is -2.34. The molecule has 7 nitrogen and oxygen atoms in total. The van der Waals surface area contributed by atoms with E-state index in [0.29, 0.717) is 19.5 Å². The van der Waals surface area contributed by atoms with Gasteiger partial charge in [-0.25, -0.2) is 4.79 Å². The molecule has 0 aromatic heterocycles. The Morgan fingerprint density at radius 1 is 1.12 bits per heavy atom. The molecular formula is C25H41N3O4S. The molecule has 2 N–H and O–H groups in total. The summed E-state index contributed by atoms with van der Waals surface area (Å²) in [5, 5.41) is 5.61. The summed E-state index contributed by atoms with van der Waals surface area (Å²) in [5.74, 6) is -0.515. The van der Waals surface area contributed by atoms with E-state index < -0.39 is 23.8 Å². The van der Waals surface area contributed by atoms with Crippen LogP contribution in [0.3, 0.4) is 0 Å². The number of alkyl carbamates (subject to hydrolysis) is 1. The largest absolute Gasteiger partial charge is 0.444 e. The molecule has 0 saturated heterocycles. The van der Waals surface area contributed by atoms with Crippen LogP contribution in [0, 0.1) is 6.92 Å². The Bertz CT molecular complexity index is 779. The normalized spacial score (nSPS) is 13.1. The van der Waals surface area contributed by atoms with Gasteiger partial charge < -0.3 is 20.3 Å². The van der Waals surface area contributed by atoms with Crippen molar-refractivity contribution in [3.8, 4) is 0 Å². The zero-order valence-electron chi connectivity index (χ0n) is 20.9. The van der Waals surface area contributed by atoms with Crippen molar-refractivity contribution in [2.75, 3.05) is 18.8 Å². The molecule has 0 spiro atoms. The van der Waals surface area contributed by atoms with Gasteiger partial charge >= 0.3 is 6.09 Å². The second kappa shape index (κ2) is 14.1. The van der Waals surface area contributed by atoms with E-state index in [9.17, 15) is 14.4 Å². The van der Waals surface area contributed by atoms with E-state index in [2.05, 4.69) is 30.2 Å². The summed E-state index contributed by atoms with van der Waals surface area (Å²) < 4.78 is 5.31. The Labute approximate surface area is 204 Å². The minimum atomic E-state index is -0.921. The van der Waals surface area contributed by atoms with E-state index in [1.165, 1.54) is 0 Å². The fourth-order valence-electron chi connectivity index (χ4n) is 3.44. The molecule has 2 atom stereocenters. The van der Waals surface area contributed by atoms with E-state index in [1.54, 1.807) is 25.7 Å². The number of nitrogens with zero attached hydrogens (tertiary/aromatic N) is 1. The van der Waals surface area contributed by atoms with Crippen LogP contribution in [0.15, 0.2) is 24.3 Å². The highest BCUT2D eigenvalue weighted by Crippen LogP contribution is 2.24. The molecule has 0 saturated carbocycles. The number of hydrogen-bond donors (Lipinski definition) is 3. The number of rotatable bonds is 12. The molecule has 0 heterocycles. The van der Waals surface area contributed by atoms with Crippen molar-refractivity contribution in [2.45, 2.75) is 84.9 Å². The number of aryl methyl sites for hydroxylation is 1. The number of amides is 3. The lowest BCUT2D eigenvalue weighted by atomic mass is 10.0. The zero-order valence-corrected chi connectivity index (χ0v) is 21.8. The topological polar surface area (TPSA) is 87.7 Å². The minimum absolute atomic E-state index is 0.0803. The molecule has 0 bridgehead atoms. The third kappa shape index (κ3) is 10.1. The summed E-state index contributed by atoms with van der Waals surface area (Å²) in [7, 11) is 0. The molecule has 0 radical (unpaired) electrons. The van der Waals surface area contributed by atoms with Gasteiger partial charge in [0, 0.05) is 18.8 Å². The summed E-state index contributed by atoms with van der Waals surface area (Å²) in [4.78, 5) is 40.8. The van der Waals surface area contributed by atoms with E-state index >= 15 is 0 Å². The first-order valence-corrected chi connectivity index (χ1v) is 12.4. The van der Waals surface area contributed by atoms with Crippen LogP contribution < -0.4 is 10.6 Å². The molecule has 1 rings (SSSR count). The Balaban J connectivity index is 3.23. The first-order chi connectivity index (χ1) is 15.5. The summed E-state index contributed by atoms with van der Waals surface area (Å²) >= 11 is 4.29. The molecule has 1 aromatic rings. The molecule has 0 aliphatic carbocycles. The lowest BCUT2D eigenvalue weighted by Crippen LogP contribution is -2.54. The Hall–Kier alpha value is -2.22.